The van der Waals surface area contributed by atoms with E-state index in [4.69, 9.17) is 0 Å². The molecule has 0 bridgehead atoms. The van der Waals surface area contributed by atoms with E-state index < -0.39 is 0 Å². The van der Waals surface area contributed by atoms with Gasteiger partial charge in [0.25, 0.3) is 0 Å². The highest BCUT2D eigenvalue weighted by atomic mass is 16.3. The number of allylic oxidation sites excluding steroid dienone is 1. The van der Waals surface area contributed by atoms with Crippen LogP contribution in [-0.2, 0) is 0 Å². The van der Waals surface area contributed by atoms with Crippen molar-refractivity contribution in [1.82, 2.24) is 0 Å². The number of rotatable bonds is 4. The predicted molar refractivity (Wildman–Crippen MR) is 61.0 cm³/mol. The van der Waals surface area contributed by atoms with Gasteiger partial charge in [0.1, 0.15) is 0 Å². The second-order valence-electron chi connectivity index (χ2n) is 3.39. The molecule has 76 valence electrons. The molecule has 1 rings (SSSR count). The Hall–Kier alpha value is -1.08. The van der Waals surface area contributed by atoms with Crippen LogP contribution in [0, 0.1) is 0 Å². The van der Waals surface area contributed by atoms with Crippen molar-refractivity contribution in [2.24, 2.45) is 0 Å². The van der Waals surface area contributed by atoms with E-state index in [2.05, 4.69) is 19.1 Å². The molecule has 1 aromatic carbocycles. The van der Waals surface area contributed by atoms with Crippen LogP contribution in [0.4, 0.5) is 0 Å². The number of hydrogen-bond donors (Lipinski definition) is 1. The summed E-state index contributed by atoms with van der Waals surface area (Å²) in [7, 11) is 0. The Morgan fingerprint density at radius 2 is 1.93 bits per heavy atom. The fourth-order valence-corrected chi connectivity index (χ4v) is 1.42. The SMILES string of the molecule is CCC(=CC(O)CC)c1ccccc1. The molecular weight excluding hydrogens is 172 g/mol. The Morgan fingerprint density at radius 1 is 1.29 bits per heavy atom. The van der Waals surface area contributed by atoms with Crippen LogP contribution in [0.15, 0.2) is 36.4 Å². The highest BCUT2D eigenvalue weighted by Crippen LogP contribution is 2.18. The number of benzene rings is 1. The first kappa shape index (κ1) is 11.0. The van der Waals surface area contributed by atoms with E-state index in [0.29, 0.717) is 0 Å². The van der Waals surface area contributed by atoms with E-state index in [1.807, 2.05) is 31.2 Å². The van der Waals surface area contributed by atoms with Crippen LogP contribution in [0.5, 0.6) is 0 Å². The summed E-state index contributed by atoms with van der Waals surface area (Å²) in [5, 5.41) is 9.54. The van der Waals surface area contributed by atoms with Crippen molar-refractivity contribution < 1.29 is 5.11 Å². The maximum atomic E-state index is 9.54. The Balaban J connectivity index is 2.87. The number of hydrogen-bond acceptors (Lipinski definition) is 1. The molecule has 1 unspecified atom stereocenters. The van der Waals surface area contributed by atoms with Crippen molar-refractivity contribution in [3.8, 4) is 0 Å². The molecule has 0 saturated carbocycles. The summed E-state index contributed by atoms with van der Waals surface area (Å²) < 4.78 is 0. The molecule has 0 aliphatic rings. The zero-order valence-corrected chi connectivity index (χ0v) is 8.90. The maximum Gasteiger partial charge on any atom is 0.0724 e. The molecule has 0 spiro atoms. The summed E-state index contributed by atoms with van der Waals surface area (Å²) in [6.45, 7) is 4.10. The molecule has 14 heavy (non-hydrogen) atoms. The zero-order chi connectivity index (χ0) is 10.4. The summed E-state index contributed by atoms with van der Waals surface area (Å²) in [5.74, 6) is 0. The molecule has 0 amide bonds. The van der Waals surface area contributed by atoms with Gasteiger partial charge in [0, 0.05) is 0 Å². The molecule has 1 heteroatoms. The fraction of sp³-hybridized carbons (Fsp3) is 0.385. The van der Waals surface area contributed by atoms with Crippen molar-refractivity contribution in [3.63, 3.8) is 0 Å². The predicted octanol–water partition coefficient (Wildman–Crippen LogP) is 3.25. The fourth-order valence-electron chi connectivity index (χ4n) is 1.42. The number of aliphatic hydroxyl groups is 1. The third kappa shape index (κ3) is 3.00. The Morgan fingerprint density at radius 3 is 2.43 bits per heavy atom. The molecule has 0 aliphatic carbocycles. The molecule has 0 aromatic heterocycles. The average Bonchev–Trinajstić information content (AvgIpc) is 2.26. The Bertz CT molecular complexity index is 287. The molecule has 0 fully saturated rings. The van der Waals surface area contributed by atoms with Crippen LogP contribution in [0.2, 0.25) is 0 Å². The van der Waals surface area contributed by atoms with Crippen LogP contribution < -0.4 is 0 Å². The lowest BCUT2D eigenvalue weighted by atomic mass is 10.0. The topological polar surface area (TPSA) is 20.2 Å². The van der Waals surface area contributed by atoms with Crippen molar-refractivity contribution in [1.29, 1.82) is 0 Å². The minimum Gasteiger partial charge on any atom is -0.389 e. The van der Waals surface area contributed by atoms with Crippen LogP contribution >= 0.6 is 0 Å². The molecule has 1 nitrogen and oxygen atoms in total. The van der Waals surface area contributed by atoms with Crippen LogP contribution in [0.1, 0.15) is 32.3 Å². The summed E-state index contributed by atoms with van der Waals surface area (Å²) in [5.41, 5.74) is 2.43. The van der Waals surface area contributed by atoms with E-state index >= 15 is 0 Å². The molecule has 0 saturated heterocycles. The van der Waals surface area contributed by atoms with Gasteiger partial charge in [-0.15, -0.1) is 0 Å². The first-order valence-electron chi connectivity index (χ1n) is 5.22. The van der Waals surface area contributed by atoms with Gasteiger partial charge in [-0.25, -0.2) is 0 Å². The highest BCUT2D eigenvalue weighted by Gasteiger charge is 2.01. The van der Waals surface area contributed by atoms with E-state index in [9.17, 15) is 5.11 Å². The van der Waals surface area contributed by atoms with Crippen LogP contribution in [0.25, 0.3) is 5.57 Å². The molecule has 1 aromatic rings. The van der Waals surface area contributed by atoms with E-state index in [0.717, 1.165) is 12.8 Å². The van der Waals surface area contributed by atoms with E-state index in [-0.39, 0.29) is 6.10 Å². The summed E-state index contributed by atoms with van der Waals surface area (Å²) in [6.07, 6.45) is 3.37. The average molecular weight is 190 g/mol. The monoisotopic (exact) mass is 190 g/mol. The minimum atomic E-state index is -0.315. The molecule has 1 atom stereocenters. The molecule has 0 radical (unpaired) electrons. The number of aliphatic hydroxyl groups excluding tert-OH is 1. The smallest absolute Gasteiger partial charge is 0.0724 e. The van der Waals surface area contributed by atoms with Gasteiger partial charge in [0.2, 0.25) is 0 Å². The van der Waals surface area contributed by atoms with E-state index in [1.54, 1.807) is 0 Å². The van der Waals surface area contributed by atoms with Crippen molar-refractivity contribution >= 4 is 5.57 Å². The van der Waals surface area contributed by atoms with Crippen molar-refractivity contribution in [3.05, 3.63) is 42.0 Å². The second-order valence-corrected chi connectivity index (χ2v) is 3.39. The lowest BCUT2D eigenvalue weighted by Crippen LogP contribution is -2.00. The lowest BCUT2D eigenvalue weighted by Gasteiger charge is -2.07. The maximum absolute atomic E-state index is 9.54. The van der Waals surface area contributed by atoms with Gasteiger partial charge in [0.05, 0.1) is 6.10 Å². The van der Waals surface area contributed by atoms with Gasteiger partial charge in [-0.05, 0) is 24.0 Å². The highest BCUT2D eigenvalue weighted by molar-refractivity contribution is 5.65. The van der Waals surface area contributed by atoms with E-state index in [1.165, 1.54) is 11.1 Å². The lowest BCUT2D eigenvalue weighted by molar-refractivity contribution is 0.219. The first-order valence-corrected chi connectivity index (χ1v) is 5.22. The zero-order valence-electron chi connectivity index (χ0n) is 8.90. The van der Waals surface area contributed by atoms with Gasteiger partial charge in [-0.2, -0.15) is 0 Å². The quantitative estimate of drug-likeness (QED) is 0.772. The molecule has 0 aliphatic heterocycles. The van der Waals surface area contributed by atoms with Gasteiger partial charge in [0.15, 0.2) is 0 Å². The summed E-state index contributed by atoms with van der Waals surface area (Å²) in [6, 6.07) is 10.2. The van der Waals surface area contributed by atoms with Gasteiger partial charge in [-0.3, -0.25) is 0 Å². The third-order valence-electron chi connectivity index (χ3n) is 2.34. The summed E-state index contributed by atoms with van der Waals surface area (Å²) >= 11 is 0. The second kappa shape index (κ2) is 5.61. The first-order chi connectivity index (χ1) is 6.77. The van der Waals surface area contributed by atoms with Gasteiger partial charge >= 0.3 is 0 Å². The van der Waals surface area contributed by atoms with Gasteiger partial charge < -0.3 is 5.11 Å². The van der Waals surface area contributed by atoms with Gasteiger partial charge in [-0.1, -0.05) is 50.3 Å². The molecule has 0 heterocycles. The Kier molecular flexibility index (Phi) is 4.41. The van der Waals surface area contributed by atoms with Crippen LogP contribution in [0.3, 0.4) is 0 Å². The third-order valence-corrected chi connectivity index (χ3v) is 2.34. The van der Waals surface area contributed by atoms with Crippen LogP contribution in [-0.4, -0.2) is 11.2 Å². The van der Waals surface area contributed by atoms with Crippen molar-refractivity contribution in [2.45, 2.75) is 32.8 Å². The molecular formula is C13H18O. The normalized spacial score (nSPS) is 14.1. The molecule has 1 N–H and O–H groups in total. The summed E-state index contributed by atoms with van der Waals surface area (Å²) in [4.78, 5) is 0. The largest absolute Gasteiger partial charge is 0.389 e. The Labute approximate surface area is 86.1 Å². The minimum absolute atomic E-state index is 0.315. The van der Waals surface area contributed by atoms with Crippen molar-refractivity contribution in [2.75, 3.05) is 0 Å². The standard InChI is InChI=1S/C13H18O/c1-3-11(10-13(14)4-2)12-8-6-5-7-9-12/h5-10,13-14H,3-4H2,1-2H3.